The molecule has 2 aliphatic heterocycles. The van der Waals surface area contributed by atoms with Gasteiger partial charge in [0.1, 0.15) is 0 Å². The molecular formula is C18H29N5O2. The lowest BCUT2D eigenvalue weighted by Crippen LogP contribution is -2.47. The molecule has 0 saturated carbocycles. The van der Waals surface area contributed by atoms with Crippen molar-refractivity contribution >= 4 is 11.8 Å². The second-order valence-electron chi connectivity index (χ2n) is 7.53. The monoisotopic (exact) mass is 347 g/mol. The van der Waals surface area contributed by atoms with Gasteiger partial charge in [0.15, 0.2) is 0 Å². The molecule has 1 aromatic rings. The predicted molar refractivity (Wildman–Crippen MR) is 94.6 cm³/mol. The Morgan fingerprint density at radius 1 is 1.16 bits per heavy atom. The fourth-order valence-corrected chi connectivity index (χ4v) is 3.98. The lowest BCUT2D eigenvalue weighted by molar-refractivity contribution is -0.138. The molecule has 0 aliphatic carbocycles. The average molecular weight is 347 g/mol. The first-order valence-corrected chi connectivity index (χ1v) is 9.30. The molecule has 2 saturated heterocycles. The maximum atomic E-state index is 12.7. The average Bonchev–Trinajstić information content (AvgIpc) is 3.00. The summed E-state index contributed by atoms with van der Waals surface area (Å²) in [5.74, 6) is 0.710. The van der Waals surface area contributed by atoms with Crippen LogP contribution in [0.15, 0.2) is 12.4 Å². The first-order chi connectivity index (χ1) is 12.0. The molecule has 2 fully saturated rings. The summed E-state index contributed by atoms with van der Waals surface area (Å²) in [5.41, 5.74) is 6.43. The molecular weight excluding hydrogens is 318 g/mol. The minimum atomic E-state index is -0.292. The molecule has 0 radical (unpaired) electrons. The Kier molecular flexibility index (Phi) is 5.73. The smallest absolute Gasteiger partial charge is 0.231 e. The number of piperidine rings is 2. The molecule has 138 valence electrons. The number of primary amides is 1. The van der Waals surface area contributed by atoms with E-state index in [-0.39, 0.29) is 11.8 Å². The number of hydrogen-bond acceptors (Lipinski definition) is 4. The standard InChI is InChI=1S/C18H29N5O2/c1-14-10-20-23(11-14)12-15-2-8-22(9-3-15)18(25)16-4-6-21(7-5-16)13-17(19)24/h10-11,15-16H,2-9,12-13H2,1H3,(H2,19,24). The number of rotatable bonds is 5. The number of likely N-dealkylation sites (tertiary alicyclic amines) is 2. The molecule has 1 aromatic heterocycles. The van der Waals surface area contributed by atoms with Crippen LogP contribution in [0.3, 0.4) is 0 Å². The summed E-state index contributed by atoms with van der Waals surface area (Å²) in [7, 11) is 0. The van der Waals surface area contributed by atoms with Crippen LogP contribution in [0.2, 0.25) is 0 Å². The van der Waals surface area contributed by atoms with Crippen molar-refractivity contribution in [2.75, 3.05) is 32.7 Å². The van der Waals surface area contributed by atoms with Crippen molar-refractivity contribution in [1.29, 1.82) is 0 Å². The van der Waals surface area contributed by atoms with Gasteiger partial charge in [0.05, 0.1) is 12.7 Å². The molecule has 7 heteroatoms. The van der Waals surface area contributed by atoms with E-state index < -0.39 is 0 Å². The maximum absolute atomic E-state index is 12.7. The van der Waals surface area contributed by atoms with E-state index in [2.05, 4.69) is 18.2 Å². The zero-order chi connectivity index (χ0) is 17.8. The lowest BCUT2D eigenvalue weighted by atomic mass is 9.92. The highest BCUT2D eigenvalue weighted by molar-refractivity contribution is 5.79. The van der Waals surface area contributed by atoms with Crippen LogP contribution in [-0.2, 0) is 16.1 Å². The number of hydrogen-bond donors (Lipinski definition) is 1. The maximum Gasteiger partial charge on any atom is 0.231 e. The molecule has 7 nitrogen and oxygen atoms in total. The van der Waals surface area contributed by atoms with E-state index in [1.54, 1.807) is 0 Å². The zero-order valence-electron chi connectivity index (χ0n) is 15.1. The Balaban J connectivity index is 1.42. The molecule has 3 rings (SSSR count). The molecule has 2 N–H and O–H groups in total. The molecule has 0 aromatic carbocycles. The van der Waals surface area contributed by atoms with Crippen LogP contribution in [0.1, 0.15) is 31.2 Å². The van der Waals surface area contributed by atoms with Gasteiger partial charge in [-0.1, -0.05) is 0 Å². The summed E-state index contributed by atoms with van der Waals surface area (Å²) in [5, 5.41) is 4.36. The third-order valence-corrected chi connectivity index (χ3v) is 5.45. The summed E-state index contributed by atoms with van der Waals surface area (Å²) >= 11 is 0. The highest BCUT2D eigenvalue weighted by Gasteiger charge is 2.31. The molecule has 3 heterocycles. The number of nitrogens with zero attached hydrogens (tertiary/aromatic N) is 4. The van der Waals surface area contributed by atoms with Crippen LogP contribution in [0.5, 0.6) is 0 Å². The van der Waals surface area contributed by atoms with E-state index in [0.717, 1.165) is 58.4 Å². The minimum absolute atomic E-state index is 0.106. The molecule has 0 bridgehead atoms. The van der Waals surface area contributed by atoms with Gasteiger partial charge in [-0.3, -0.25) is 19.2 Å². The van der Waals surface area contributed by atoms with Crippen LogP contribution < -0.4 is 5.73 Å². The molecule has 0 spiro atoms. The van der Waals surface area contributed by atoms with E-state index in [1.165, 1.54) is 5.56 Å². The second kappa shape index (κ2) is 7.99. The summed E-state index contributed by atoms with van der Waals surface area (Å²) in [4.78, 5) is 27.8. The van der Waals surface area contributed by atoms with E-state index in [0.29, 0.717) is 18.4 Å². The summed E-state index contributed by atoms with van der Waals surface area (Å²) in [6.45, 7) is 6.58. The van der Waals surface area contributed by atoms with E-state index in [9.17, 15) is 9.59 Å². The Labute approximate surface area is 149 Å². The van der Waals surface area contributed by atoms with Gasteiger partial charge < -0.3 is 10.6 Å². The fraction of sp³-hybridized carbons (Fsp3) is 0.722. The predicted octanol–water partition coefficient (Wildman–Crippen LogP) is 0.627. The Morgan fingerprint density at radius 3 is 2.40 bits per heavy atom. The van der Waals surface area contributed by atoms with Gasteiger partial charge in [0.2, 0.25) is 11.8 Å². The van der Waals surface area contributed by atoms with Crippen molar-refractivity contribution in [2.45, 2.75) is 39.2 Å². The van der Waals surface area contributed by atoms with Crippen LogP contribution in [-0.4, -0.2) is 64.1 Å². The van der Waals surface area contributed by atoms with E-state index in [1.807, 2.05) is 20.7 Å². The minimum Gasteiger partial charge on any atom is -0.369 e. The SMILES string of the molecule is Cc1cnn(CC2CCN(C(=O)C3CCN(CC(N)=O)CC3)CC2)c1. The van der Waals surface area contributed by atoms with Crippen LogP contribution >= 0.6 is 0 Å². The highest BCUT2D eigenvalue weighted by atomic mass is 16.2. The van der Waals surface area contributed by atoms with Crippen LogP contribution in [0.4, 0.5) is 0 Å². The number of aryl methyl sites for hydroxylation is 1. The van der Waals surface area contributed by atoms with Gasteiger partial charge in [-0.25, -0.2) is 0 Å². The zero-order valence-corrected chi connectivity index (χ0v) is 15.1. The lowest BCUT2D eigenvalue weighted by Gasteiger charge is -2.37. The number of aromatic nitrogens is 2. The first kappa shape index (κ1) is 17.9. The fourth-order valence-electron chi connectivity index (χ4n) is 3.98. The number of carbonyl (C=O) groups excluding carboxylic acids is 2. The topological polar surface area (TPSA) is 84.5 Å². The highest BCUT2D eigenvalue weighted by Crippen LogP contribution is 2.24. The van der Waals surface area contributed by atoms with Crippen molar-refractivity contribution in [3.8, 4) is 0 Å². The Hall–Kier alpha value is -1.89. The molecule has 0 unspecified atom stereocenters. The van der Waals surface area contributed by atoms with Crippen LogP contribution in [0.25, 0.3) is 0 Å². The molecule has 0 atom stereocenters. The van der Waals surface area contributed by atoms with Crippen molar-refractivity contribution < 1.29 is 9.59 Å². The van der Waals surface area contributed by atoms with Gasteiger partial charge in [0, 0.05) is 31.7 Å². The number of carbonyl (C=O) groups is 2. The molecule has 2 aliphatic rings. The van der Waals surface area contributed by atoms with Gasteiger partial charge in [-0.15, -0.1) is 0 Å². The number of nitrogens with two attached hydrogens (primary N) is 1. The second-order valence-corrected chi connectivity index (χ2v) is 7.53. The largest absolute Gasteiger partial charge is 0.369 e. The van der Waals surface area contributed by atoms with Gasteiger partial charge >= 0.3 is 0 Å². The summed E-state index contributed by atoms with van der Waals surface area (Å²) < 4.78 is 2.02. The van der Waals surface area contributed by atoms with Gasteiger partial charge in [0.25, 0.3) is 0 Å². The van der Waals surface area contributed by atoms with Crippen molar-refractivity contribution in [2.24, 2.45) is 17.6 Å². The summed E-state index contributed by atoms with van der Waals surface area (Å²) in [6.07, 6.45) is 7.73. The first-order valence-electron chi connectivity index (χ1n) is 9.30. The number of amides is 2. The van der Waals surface area contributed by atoms with Gasteiger partial charge in [-0.2, -0.15) is 5.10 Å². The van der Waals surface area contributed by atoms with Crippen molar-refractivity contribution in [1.82, 2.24) is 19.6 Å². The van der Waals surface area contributed by atoms with E-state index >= 15 is 0 Å². The molecule has 2 amide bonds. The summed E-state index contributed by atoms with van der Waals surface area (Å²) in [6, 6.07) is 0. The molecule has 25 heavy (non-hydrogen) atoms. The third kappa shape index (κ3) is 4.81. The Morgan fingerprint density at radius 2 is 1.84 bits per heavy atom. The van der Waals surface area contributed by atoms with Crippen molar-refractivity contribution in [3.05, 3.63) is 18.0 Å². The normalized spacial score (nSPS) is 20.8. The van der Waals surface area contributed by atoms with Crippen molar-refractivity contribution in [3.63, 3.8) is 0 Å². The Bertz CT molecular complexity index is 598. The quantitative estimate of drug-likeness (QED) is 0.846. The van der Waals surface area contributed by atoms with Gasteiger partial charge in [-0.05, 0) is 57.2 Å². The van der Waals surface area contributed by atoms with E-state index in [4.69, 9.17) is 5.73 Å². The van der Waals surface area contributed by atoms with Crippen LogP contribution in [0, 0.1) is 18.8 Å². The third-order valence-electron chi connectivity index (χ3n) is 5.45.